The molecule has 0 saturated carbocycles. The van der Waals surface area contributed by atoms with Gasteiger partial charge < -0.3 is 9.42 Å². The predicted molar refractivity (Wildman–Crippen MR) is 92.4 cm³/mol. The van der Waals surface area contributed by atoms with E-state index in [2.05, 4.69) is 20.5 Å². The third-order valence-corrected chi connectivity index (χ3v) is 6.87. The van der Waals surface area contributed by atoms with Gasteiger partial charge in [0.15, 0.2) is 17.2 Å². The van der Waals surface area contributed by atoms with Gasteiger partial charge in [0.05, 0.1) is 6.04 Å². The highest BCUT2D eigenvalue weighted by atomic mass is 32.2. The van der Waals surface area contributed by atoms with Crippen molar-refractivity contribution in [2.24, 2.45) is 0 Å². The summed E-state index contributed by atoms with van der Waals surface area (Å²) in [5, 5.41) is 16.3. The Balaban J connectivity index is 1.52. The van der Waals surface area contributed by atoms with Crippen molar-refractivity contribution in [2.75, 3.05) is 25.0 Å². The number of sulfonamides is 1. The zero-order valence-corrected chi connectivity index (χ0v) is 15.7. The highest BCUT2D eigenvalue weighted by Gasteiger charge is 2.39. The number of rotatable bonds is 4. The second-order valence-electron chi connectivity index (χ2n) is 6.44. The van der Waals surface area contributed by atoms with Gasteiger partial charge in [0, 0.05) is 20.1 Å². The monoisotopic (exact) mass is 377 g/mol. The Morgan fingerprint density at radius 1 is 1.19 bits per heavy atom. The van der Waals surface area contributed by atoms with E-state index in [1.807, 2.05) is 24.0 Å². The van der Waals surface area contributed by atoms with Gasteiger partial charge in [0.25, 0.3) is 0 Å². The topological polar surface area (TPSA) is 110 Å². The molecule has 0 atom stereocenters. The van der Waals surface area contributed by atoms with E-state index in [0.717, 1.165) is 5.82 Å². The van der Waals surface area contributed by atoms with Crippen LogP contribution in [0.2, 0.25) is 0 Å². The maximum absolute atomic E-state index is 12.9. The Bertz CT molecular complexity index is 1060. The summed E-state index contributed by atoms with van der Waals surface area (Å²) in [5.41, 5.74) is 1.06. The van der Waals surface area contributed by atoms with Crippen molar-refractivity contribution in [2.45, 2.75) is 31.7 Å². The summed E-state index contributed by atoms with van der Waals surface area (Å²) in [6.07, 6.45) is 0. The summed E-state index contributed by atoms with van der Waals surface area (Å²) in [6, 6.07) is 3.57. The molecule has 138 valence electrons. The molecule has 4 heterocycles. The lowest BCUT2D eigenvalue weighted by Gasteiger charge is -2.43. The molecule has 1 saturated heterocycles. The Morgan fingerprint density at radius 2 is 1.92 bits per heavy atom. The van der Waals surface area contributed by atoms with Crippen molar-refractivity contribution in [1.29, 1.82) is 0 Å². The first-order chi connectivity index (χ1) is 12.3. The molecule has 0 unspecified atom stereocenters. The third kappa shape index (κ3) is 2.46. The van der Waals surface area contributed by atoms with E-state index in [1.54, 1.807) is 25.4 Å². The largest absolute Gasteiger partial charge is 0.360 e. The Morgan fingerprint density at radius 3 is 2.58 bits per heavy atom. The van der Waals surface area contributed by atoms with Crippen LogP contribution in [0.1, 0.15) is 17.3 Å². The molecule has 0 radical (unpaired) electrons. The van der Waals surface area contributed by atoms with Crippen molar-refractivity contribution in [3.05, 3.63) is 29.4 Å². The summed E-state index contributed by atoms with van der Waals surface area (Å²) in [7, 11) is -2.06. The van der Waals surface area contributed by atoms with Gasteiger partial charge in [-0.25, -0.2) is 8.42 Å². The maximum atomic E-state index is 12.9. The molecular formula is C15H19N7O3S. The van der Waals surface area contributed by atoms with Gasteiger partial charge in [-0.2, -0.15) is 8.82 Å². The summed E-state index contributed by atoms with van der Waals surface area (Å²) in [5.74, 6) is 1.78. The smallest absolute Gasteiger partial charge is 0.248 e. The first-order valence-corrected chi connectivity index (χ1v) is 9.58. The molecule has 4 rings (SSSR count). The SMILES string of the molecule is Cc1noc(C)c1S(=O)(=O)N(C)C1CN(c2ccc3nnc(C)n3n2)C1. The molecule has 0 amide bonds. The van der Waals surface area contributed by atoms with E-state index >= 15 is 0 Å². The van der Waals surface area contributed by atoms with E-state index in [9.17, 15) is 8.42 Å². The summed E-state index contributed by atoms with van der Waals surface area (Å²) < 4.78 is 33.8. The van der Waals surface area contributed by atoms with Crippen molar-refractivity contribution in [3.63, 3.8) is 0 Å². The fourth-order valence-corrected chi connectivity index (χ4v) is 4.74. The fourth-order valence-electron chi connectivity index (χ4n) is 3.11. The zero-order valence-electron chi connectivity index (χ0n) is 14.9. The van der Waals surface area contributed by atoms with Gasteiger partial charge in [-0.15, -0.1) is 15.3 Å². The fraction of sp³-hybridized carbons (Fsp3) is 0.467. The van der Waals surface area contributed by atoms with Crippen molar-refractivity contribution in [3.8, 4) is 0 Å². The van der Waals surface area contributed by atoms with E-state index in [4.69, 9.17) is 4.52 Å². The van der Waals surface area contributed by atoms with Gasteiger partial charge in [0.1, 0.15) is 16.4 Å². The average Bonchev–Trinajstić information content (AvgIpc) is 3.09. The van der Waals surface area contributed by atoms with Crippen LogP contribution in [0.5, 0.6) is 0 Å². The van der Waals surface area contributed by atoms with Crippen LogP contribution in [0, 0.1) is 20.8 Å². The number of hydrogen-bond acceptors (Lipinski definition) is 8. The minimum Gasteiger partial charge on any atom is -0.360 e. The van der Waals surface area contributed by atoms with Crippen LogP contribution in [0.4, 0.5) is 5.82 Å². The van der Waals surface area contributed by atoms with Crippen molar-refractivity contribution < 1.29 is 12.9 Å². The van der Waals surface area contributed by atoms with Crippen LogP contribution in [-0.2, 0) is 10.0 Å². The van der Waals surface area contributed by atoms with Gasteiger partial charge in [-0.1, -0.05) is 5.16 Å². The van der Waals surface area contributed by atoms with E-state index < -0.39 is 10.0 Å². The molecule has 1 aliphatic heterocycles. The molecule has 0 spiro atoms. The number of fused-ring (bicyclic) bond motifs is 1. The zero-order chi connectivity index (χ0) is 18.6. The minimum atomic E-state index is -3.65. The third-order valence-electron chi connectivity index (χ3n) is 4.71. The predicted octanol–water partition coefficient (Wildman–Crippen LogP) is 0.547. The molecule has 1 aliphatic rings. The molecule has 0 N–H and O–H groups in total. The Kier molecular flexibility index (Phi) is 3.74. The number of nitrogens with zero attached hydrogens (tertiary/aromatic N) is 7. The van der Waals surface area contributed by atoms with Gasteiger partial charge in [0.2, 0.25) is 10.0 Å². The highest BCUT2D eigenvalue weighted by Crippen LogP contribution is 2.28. The van der Waals surface area contributed by atoms with Crippen molar-refractivity contribution >= 4 is 21.5 Å². The molecule has 1 fully saturated rings. The number of hydrogen-bond donors (Lipinski definition) is 0. The lowest BCUT2D eigenvalue weighted by Crippen LogP contribution is -2.60. The lowest BCUT2D eigenvalue weighted by molar-refractivity contribution is 0.308. The van der Waals surface area contributed by atoms with E-state index in [1.165, 1.54) is 4.31 Å². The van der Waals surface area contributed by atoms with Crippen LogP contribution in [-0.4, -0.2) is 63.9 Å². The summed E-state index contributed by atoms with van der Waals surface area (Å²) in [6.45, 7) is 6.18. The lowest BCUT2D eigenvalue weighted by atomic mass is 10.1. The molecule has 0 bridgehead atoms. The Labute approximate surface area is 150 Å². The van der Waals surface area contributed by atoms with Crippen LogP contribution in [0.3, 0.4) is 0 Å². The van der Waals surface area contributed by atoms with Gasteiger partial charge in [-0.3, -0.25) is 0 Å². The first-order valence-electron chi connectivity index (χ1n) is 8.14. The molecule has 3 aromatic heterocycles. The van der Waals surface area contributed by atoms with Crippen molar-refractivity contribution in [1.82, 2.24) is 29.3 Å². The quantitative estimate of drug-likeness (QED) is 0.648. The molecular weight excluding hydrogens is 358 g/mol. The van der Waals surface area contributed by atoms with E-state index in [-0.39, 0.29) is 10.9 Å². The van der Waals surface area contributed by atoms with Crippen LogP contribution < -0.4 is 4.90 Å². The number of aromatic nitrogens is 5. The standard InChI is InChI=1S/C15H19N7O3S/c1-9-15(10(2)25-19-9)26(23,24)20(4)12-7-21(8-12)14-6-5-13-17-16-11(3)22(13)18-14/h5-6,12H,7-8H2,1-4H3. The van der Waals surface area contributed by atoms with Gasteiger partial charge in [-0.05, 0) is 32.9 Å². The second kappa shape index (κ2) is 5.74. The second-order valence-corrected chi connectivity index (χ2v) is 8.38. The number of aryl methyl sites for hydroxylation is 3. The molecule has 0 aliphatic carbocycles. The number of anilines is 1. The van der Waals surface area contributed by atoms with Crippen LogP contribution in [0.25, 0.3) is 5.65 Å². The minimum absolute atomic E-state index is 0.145. The highest BCUT2D eigenvalue weighted by molar-refractivity contribution is 7.89. The first kappa shape index (κ1) is 16.9. The van der Waals surface area contributed by atoms with Crippen LogP contribution >= 0.6 is 0 Å². The van der Waals surface area contributed by atoms with Gasteiger partial charge >= 0.3 is 0 Å². The average molecular weight is 377 g/mol. The molecule has 11 heteroatoms. The summed E-state index contributed by atoms with van der Waals surface area (Å²) >= 11 is 0. The normalized spacial score (nSPS) is 15.8. The number of likely N-dealkylation sites (N-methyl/N-ethyl adjacent to an activating group) is 1. The maximum Gasteiger partial charge on any atom is 0.248 e. The molecule has 0 aromatic carbocycles. The Hall–Kier alpha value is -2.53. The molecule has 10 nitrogen and oxygen atoms in total. The molecule has 26 heavy (non-hydrogen) atoms. The summed E-state index contributed by atoms with van der Waals surface area (Å²) in [4.78, 5) is 2.17. The van der Waals surface area contributed by atoms with E-state index in [0.29, 0.717) is 36.0 Å². The molecule has 3 aromatic rings. The van der Waals surface area contributed by atoms with Crippen LogP contribution in [0.15, 0.2) is 21.6 Å².